The zero-order valence-corrected chi connectivity index (χ0v) is 14.6. The normalized spacial score (nSPS) is 12.9. The first-order valence-corrected chi connectivity index (χ1v) is 6.15. The minimum absolute atomic E-state index is 0. The van der Waals surface area contributed by atoms with Gasteiger partial charge in [0.2, 0.25) is 0 Å². The van der Waals surface area contributed by atoms with Crippen LogP contribution in [-0.4, -0.2) is 13.3 Å². The summed E-state index contributed by atoms with van der Waals surface area (Å²) in [6.07, 6.45) is 0. The van der Waals surface area contributed by atoms with Crippen molar-refractivity contribution in [2.24, 2.45) is 0 Å². The fourth-order valence-electron chi connectivity index (χ4n) is 0. The third-order valence-electron chi connectivity index (χ3n) is 0. The van der Waals surface area contributed by atoms with Crippen LogP contribution >= 0.6 is 0 Å². The third-order valence-corrected chi connectivity index (χ3v) is 0. The number of halogens is 1. The van der Waals surface area contributed by atoms with Crippen LogP contribution in [-0.2, 0) is 20.2 Å². The molecule has 0 aliphatic carbocycles. The summed E-state index contributed by atoms with van der Waals surface area (Å²) in [7, 11) is -4.08. The Morgan fingerprint density at radius 3 is 1.36 bits per heavy atom. The van der Waals surface area contributed by atoms with Crippen LogP contribution in [0.5, 0.6) is 0 Å². The Labute approximate surface area is 142 Å². The maximum Gasteiger partial charge on any atom is 1.00 e. The van der Waals surface area contributed by atoms with Crippen LogP contribution in [0.4, 0.5) is 0 Å². The molecule has 11 heteroatoms. The quantitative estimate of drug-likeness (QED) is 0.339. The van der Waals surface area contributed by atoms with Gasteiger partial charge in [-0.1, -0.05) is 0 Å². The van der Waals surface area contributed by atoms with E-state index < -0.39 is 30.1 Å². The molecule has 0 aromatic carbocycles. The van der Waals surface area contributed by atoms with Crippen LogP contribution < -0.4 is 112 Å². The zero-order chi connectivity index (χ0) is 8.08. The summed E-state index contributed by atoms with van der Waals surface area (Å²) in [5, 5.41) is 0. The molecule has 1 N–H and O–H groups in total. The van der Waals surface area contributed by atoms with Gasteiger partial charge in [0.05, 0.1) is 9.05 Å². The molecule has 1 unspecified atom stereocenters. The van der Waals surface area contributed by atoms with E-state index in [0.717, 1.165) is 0 Å². The molecule has 0 heterocycles. The molecule has 0 rings (SSSR count). The van der Waals surface area contributed by atoms with Gasteiger partial charge in [-0.15, -0.1) is 0 Å². The average Bonchev–Trinajstić information content (AvgIpc) is 1.19. The number of rotatable bonds is 0. The predicted octanol–water partition coefficient (Wildman–Crippen LogP) is -13.2. The van der Waals surface area contributed by atoms with Crippen molar-refractivity contribution in [2.45, 2.75) is 0 Å². The fourth-order valence-corrected chi connectivity index (χ4v) is 0. The molecule has 0 spiro atoms. The zero-order valence-electron chi connectivity index (χ0n) is 5.68. The molecule has 0 aliphatic rings. The van der Waals surface area contributed by atoms with E-state index >= 15 is 0 Å². The first kappa shape index (κ1) is 24.0. The van der Waals surface area contributed by atoms with Gasteiger partial charge in [-0.3, -0.25) is 0 Å². The second-order valence-electron chi connectivity index (χ2n) is 0.617. The van der Waals surface area contributed by atoms with Crippen LogP contribution in [0.15, 0.2) is 0 Å². The first-order chi connectivity index (χ1) is 3.73. The Kier molecular flexibility index (Phi) is 29.5. The summed E-state index contributed by atoms with van der Waals surface area (Å²) in [4.78, 5) is 0. The maximum atomic E-state index is 9.00. The van der Waals surface area contributed by atoms with Crippen molar-refractivity contribution >= 4 is 20.2 Å². The fraction of sp³-hybridized carbons (Fsp3) is 0. The summed E-state index contributed by atoms with van der Waals surface area (Å²) in [5.41, 5.74) is 0. The van der Waals surface area contributed by atoms with Crippen molar-refractivity contribution in [3.8, 4) is 0 Å². The molecule has 0 radical (unpaired) electrons. The van der Waals surface area contributed by atoms with Gasteiger partial charge >= 0.3 is 80.9 Å². The minimum Gasteiger partial charge on any atom is -0.748 e. The minimum atomic E-state index is -4.08. The molecule has 0 fully saturated rings. The van der Waals surface area contributed by atoms with Gasteiger partial charge in [-0.2, -0.15) is 0 Å². The average molecular weight is 350 g/mol. The van der Waals surface area contributed by atoms with Gasteiger partial charge in [0.15, 0.2) is 0 Å². The summed E-state index contributed by atoms with van der Waals surface area (Å²) in [6, 6.07) is 0. The monoisotopic (exact) mass is 350 g/mol. The number of hydrogen-bond donors (Lipinski definition) is 1. The molecule has 0 aromatic heterocycles. The molecule has 58 valence electrons. The van der Waals surface area contributed by atoms with Gasteiger partial charge in [-0.05, 0) is 11.2 Å². The van der Waals surface area contributed by atoms with E-state index in [1.54, 1.807) is 0 Å². The van der Waals surface area contributed by atoms with Crippen LogP contribution in [0, 0.1) is 0 Å². The van der Waals surface area contributed by atoms with Crippen LogP contribution in [0.3, 0.4) is 0 Å². The smallest absolute Gasteiger partial charge is 0.748 e. The standard InChI is InChI=1S/IO3.K.Na.H2O3S2/c2-1(3)4;;;1-5(2,3)4/h;;;(H2,1,2,3,4)/q-1;2*+1;/p-1. The van der Waals surface area contributed by atoms with E-state index in [1.807, 2.05) is 0 Å². The van der Waals surface area contributed by atoms with Crippen molar-refractivity contribution in [3.05, 3.63) is 0 Å². The van der Waals surface area contributed by atoms with Gasteiger partial charge in [-0.25, -0.2) is 4.21 Å². The van der Waals surface area contributed by atoms with Crippen molar-refractivity contribution in [1.29, 1.82) is 0 Å². The maximum absolute atomic E-state index is 9.00. The largest absolute Gasteiger partial charge is 1.00 e. The Balaban J connectivity index is -0.0000000383. The van der Waals surface area contributed by atoms with E-state index in [0.29, 0.717) is 0 Å². The van der Waals surface area contributed by atoms with Crippen LogP contribution in [0.1, 0.15) is 0 Å². The molecule has 1 atom stereocenters. The molecule has 6 nitrogen and oxygen atoms in total. The summed E-state index contributed by atoms with van der Waals surface area (Å²) >= 11 is -0.659. The molecule has 0 amide bonds. The van der Waals surface area contributed by atoms with Crippen molar-refractivity contribution in [1.82, 2.24) is 0 Å². The SMILES string of the molecule is O=S([O-])(O)=S.[K+].[Na+].[O-][I+2]([O-])[O-]. The molecule has 0 bridgehead atoms. The van der Waals surface area contributed by atoms with Crippen molar-refractivity contribution < 1.29 is 126 Å². The summed E-state index contributed by atoms with van der Waals surface area (Å²) < 4.78 is 51.0. The molecule has 11 heavy (non-hydrogen) atoms. The summed E-state index contributed by atoms with van der Waals surface area (Å²) in [5.74, 6) is 0. The second kappa shape index (κ2) is 13.5. The van der Waals surface area contributed by atoms with Gasteiger partial charge < -0.3 is 19.4 Å². The van der Waals surface area contributed by atoms with Crippen molar-refractivity contribution in [2.75, 3.05) is 0 Å². The Hall–Kier alpha value is 3.54. The number of hydrogen-bond acceptors (Lipinski definition) is 6. The van der Waals surface area contributed by atoms with E-state index in [2.05, 4.69) is 11.2 Å². The Morgan fingerprint density at radius 1 is 1.36 bits per heavy atom. The van der Waals surface area contributed by atoms with Gasteiger partial charge in [0.25, 0.3) is 21.1 Å². The van der Waals surface area contributed by atoms with Crippen LogP contribution in [0.25, 0.3) is 0 Å². The Morgan fingerprint density at radius 2 is 1.36 bits per heavy atom. The summed E-state index contributed by atoms with van der Waals surface area (Å²) in [6.45, 7) is 0. The van der Waals surface area contributed by atoms with E-state index in [1.165, 1.54) is 0 Å². The van der Waals surface area contributed by atoms with Crippen LogP contribution in [0.2, 0.25) is 0 Å². The van der Waals surface area contributed by atoms with E-state index in [9.17, 15) is 0 Å². The van der Waals surface area contributed by atoms with Gasteiger partial charge in [0, 0.05) is 0 Å². The second-order valence-corrected chi connectivity index (χ2v) is 3.81. The molecule has 0 aliphatic heterocycles. The third kappa shape index (κ3) is 144. The molecular formula is HIKNaO6S2. The molecule has 0 saturated heterocycles. The van der Waals surface area contributed by atoms with E-state index in [4.69, 9.17) is 23.6 Å². The first-order valence-electron chi connectivity index (χ1n) is 1.15. The predicted molar refractivity (Wildman–Crippen MR) is 18.9 cm³/mol. The molecule has 0 saturated carbocycles. The van der Waals surface area contributed by atoms with Gasteiger partial charge in [0.1, 0.15) is 0 Å². The molecule has 0 aromatic rings. The molecular weight excluding hydrogens is 349 g/mol. The van der Waals surface area contributed by atoms with Crippen molar-refractivity contribution in [3.63, 3.8) is 0 Å². The Bertz CT molecular complexity index is 132. The van der Waals surface area contributed by atoms with E-state index in [-0.39, 0.29) is 80.9 Å². The topological polar surface area (TPSA) is 130 Å².